The Morgan fingerprint density at radius 1 is 0.650 bits per heavy atom. The molecule has 0 fully saturated rings. The Morgan fingerprint density at radius 2 is 1.27 bits per heavy atom. The Morgan fingerprint density at radius 3 is 1.93 bits per heavy atom. The molecule has 0 saturated heterocycles. The smallest absolute Gasteiger partial charge is 0.182 e. The minimum atomic E-state index is -1.43. The van der Waals surface area contributed by atoms with Gasteiger partial charge >= 0.3 is 0 Å². The highest BCUT2D eigenvalue weighted by molar-refractivity contribution is 6.09. The molecular weight excluding hydrogens is 520 g/mol. The van der Waals surface area contributed by atoms with Gasteiger partial charge in [0.05, 0.1) is 17.9 Å². The zero-order valence-corrected chi connectivity index (χ0v) is 20.6. The maximum absolute atomic E-state index is 14.1. The first-order valence-electron chi connectivity index (χ1n) is 12.3. The lowest BCUT2D eigenvalue weighted by molar-refractivity contribution is 0.0738. The van der Waals surface area contributed by atoms with E-state index in [1.807, 2.05) is 0 Å². The molecule has 4 aromatic rings. The van der Waals surface area contributed by atoms with Gasteiger partial charge in [-0.05, 0) is 47.5 Å². The van der Waals surface area contributed by atoms with Gasteiger partial charge in [0.25, 0.3) is 0 Å². The van der Waals surface area contributed by atoms with Crippen LogP contribution in [-0.4, -0.2) is 42.2 Å². The molecule has 6 N–H and O–H groups in total. The van der Waals surface area contributed by atoms with Gasteiger partial charge in [-0.2, -0.15) is 0 Å². The molecule has 3 atom stereocenters. The number of ketones is 2. The second-order valence-corrected chi connectivity index (χ2v) is 9.64. The number of ether oxygens (including phenoxy) is 2. The molecule has 40 heavy (non-hydrogen) atoms. The van der Waals surface area contributed by atoms with E-state index in [0.29, 0.717) is 11.1 Å². The fourth-order valence-corrected chi connectivity index (χ4v) is 5.27. The van der Waals surface area contributed by atoms with Crippen molar-refractivity contribution in [3.63, 3.8) is 0 Å². The molecular formula is C30H22O10. The molecule has 0 saturated carbocycles. The Labute approximate surface area is 226 Å². The number of hydrogen-bond acceptors (Lipinski definition) is 10. The second-order valence-electron chi connectivity index (χ2n) is 9.64. The average molecular weight is 542 g/mol. The summed E-state index contributed by atoms with van der Waals surface area (Å²) in [5.74, 6) is -5.38. The molecule has 0 radical (unpaired) electrons. The van der Waals surface area contributed by atoms with E-state index in [1.165, 1.54) is 48.5 Å². The normalized spacial score (nSPS) is 19.8. The molecule has 2 aliphatic heterocycles. The Bertz CT molecular complexity index is 1670. The number of carbonyl (C=O) groups excluding carboxylic acids is 2. The van der Waals surface area contributed by atoms with Crippen LogP contribution in [0.25, 0.3) is 0 Å². The second kappa shape index (κ2) is 9.12. The van der Waals surface area contributed by atoms with E-state index >= 15 is 0 Å². The Balaban J connectivity index is 1.58. The van der Waals surface area contributed by atoms with Gasteiger partial charge in [-0.25, -0.2) is 0 Å². The predicted molar refractivity (Wildman–Crippen MR) is 139 cm³/mol. The minimum absolute atomic E-state index is 0.00526. The van der Waals surface area contributed by atoms with Crippen molar-refractivity contribution in [2.45, 2.75) is 24.5 Å². The van der Waals surface area contributed by atoms with E-state index < -0.39 is 52.7 Å². The maximum Gasteiger partial charge on any atom is 0.182 e. The Kier molecular flexibility index (Phi) is 5.69. The zero-order valence-electron chi connectivity index (χ0n) is 20.6. The molecule has 2 aliphatic rings. The first-order valence-corrected chi connectivity index (χ1v) is 12.3. The summed E-state index contributed by atoms with van der Waals surface area (Å²) in [5, 5.41) is 62.0. The fraction of sp³-hybridized carbons (Fsp3) is 0.133. The van der Waals surface area contributed by atoms with Crippen LogP contribution in [0.3, 0.4) is 0 Å². The summed E-state index contributed by atoms with van der Waals surface area (Å²) in [6, 6.07) is 15.2. The summed E-state index contributed by atoms with van der Waals surface area (Å²) in [6.07, 6.45) is -2.18. The van der Waals surface area contributed by atoms with Crippen LogP contribution in [0, 0.1) is 0 Å². The van der Waals surface area contributed by atoms with E-state index in [4.69, 9.17) is 9.47 Å². The van der Waals surface area contributed by atoms with Crippen LogP contribution < -0.4 is 9.47 Å². The highest BCUT2D eigenvalue weighted by Gasteiger charge is 2.46. The van der Waals surface area contributed by atoms with Crippen LogP contribution in [0.15, 0.2) is 66.7 Å². The van der Waals surface area contributed by atoms with Gasteiger partial charge in [0, 0.05) is 6.07 Å². The molecule has 2 heterocycles. The third kappa shape index (κ3) is 3.89. The van der Waals surface area contributed by atoms with Gasteiger partial charge in [-0.1, -0.05) is 24.3 Å². The van der Waals surface area contributed by atoms with Crippen LogP contribution in [0.1, 0.15) is 62.0 Å². The molecule has 3 unspecified atom stereocenters. The van der Waals surface area contributed by atoms with Crippen molar-refractivity contribution in [3.05, 3.63) is 94.5 Å². The number of aromatic hydroxyl groups is 6. The third-order valence-electron chi connectivity index (χ3n) is 7.19. The first kappa shape index (κ1) is 24.9. The van der Waals surface area contributed by atoms with E-state index in [-0.39, 0.29) is 46.1 Å². The number of carbonyl (C=O) groups is 2. The molecule has 4 aromatic carbocycles. The van der Waals surface area contributed by atoms with E-state index in [1.54, 1.807) is 12.1 Å². The van der Waals surface area contributed by atoms with E-state index in [2.05, 4.69) is 0 Å². The molecule has 0 spiro atoms. The summed E-state index contributed by atoms with van der Waals surface area (Å²) in [4.78, 5) is 27.4. The van der Waals surface area contributed by atoms with Gasteiger partial charge in [-0.3, -0.25) is 9.59 Å². The molecule has 0 bridgehead atoms. The van der Waals surface area contributed by atoms with Crippen LogP contribution in [0.2, 0.25) is 0 Å². The number of phenols is 6. The molecule has 202 valence electrons. The van der Waals surface area contributed by atoms with Gasteiger partial charge < -0.3 is 40.1 Å². The van der Waals surface area contributed by atoms with Gasteiger partial charge in [0.1, 0.15) is 57.8 Å². The summed E-state index contributed by atoms with van der Waals surface area (Å²) >= 11 is 0. The van der Waals surface area contributed by atoms with Gasteiger partial charge in [-0.15, -0.1) is 0 Å². The first-order chi connectivity index (χ1) is 19.1. The zero-order chi connectivity index (χ0) is 28.3. The fourth-order valence-electron chi connectivity index (χ4n) is 5.27. The van der Waals surface area contributed by atoms with Crippen LogP contribution in [-0.2, 0) is 0 Å². The van der Waals surface area contributed by atoms with Crippen molar-refractivity contribution in [2.24, 2.45) is 0 Å². The average Bonchev–Trinajstić information content (AvgIpc) is 2.92. The number of rotatable bonds is 3. The SMILES string of the molecule is O=C1CC(c2ccc(O)cc2)Oc2c1c(O)cc(O)c2C1C(=O)c2c(ccc(O)c2O)OC1c1ccc(O)cc1. The van der Waals surface area contributed by atoms with Crippen molar-refractivity contribution in [1.82, 2.24) is 0 Å². The van der Waals surface area contributed by atoms with Crippen LogP contribution in [0.4, 0.5) is 0 Å². The highest BCUT2D eigenvalue weighted by Crippen LogP contribution is 2.55. The quantitative estimate of drug-likeness (QED) is 0.199. The lowest BCUT2D eigenvalue weighted by Crippen LogP contribution is -2.32. The Hall–Kier alpha value is -5.38. The van der Waals surface area contributed by atoms with Crippen molar-refractivity contribution in [1.29, 1.82) is 0 Å². The monoisotopic (exact) mass is 542 g/mol. The molecule has 0 amide bonds. The van der Waals surface area contributed by atoms with Crippen molar-refractivity contribution >= 4 is 11.6 Å². The number of benzene rings is 4. The predicted octanol–water partition coefficient (Wildman–Crippen LogP) is 4.73. The summed E-state index contributed by atoms with van der Waals surface area (Å²) in [5.41, 5.74) is 0.207. The summed E-state index contributed by atoms with van der Waals surface area (Å²) < 4.78 is 12.3. The number of Topliss-reactive ketones (excluding diaryl/α,β-unsaturated/α-hetero) is 2. The molecule has 10 heteroatoms. The van der Waals surface area contributed by atoms with Gasteiger partial charge in [0.15, 0.2) is 23.1 Å². The number of fused-ring (bicyclic) bond motifs is 2. The maximum atomic E-state index is 14.1. The van der Waals surface area contributed by atoms with Gasteiger partial charge in [0.2, 0.25) is 0 Å². The van der Waals surface area contributed by atoms with Crippen LogP contribution >= 0.6 is 0 Å². The van der Waals surface area contributed by atoms with E-state index in [9.17, 15) is 40.2 Å². The molecule has 0 aromatic heterocycles. The largest absolute Gasteiger partial charge is 0.508 e. The molecule has 0 aliphatic carbocycles. The lowest BCUT2D eigenvalue weighted by atomic mass is 9.78. The topological polar surface area (TPSA) is 174 Å². The van der Waals surface area contributed by atoms with Crippen molar-refractivity contribution in [3.8, 4) is 46.0 Å². The molecule has 10 nitrogen and oxygen atoms in total. The highest BCUT2D eigenvalue weighted by atomic mass is 16.5. The standard InChI is InChI=1S/C30H22O10/c31-15-5-1-13(2-6-15)22-12-20(36)23-18(34)11-19(35)24(30(23)40-22)26-28(38)25-21(10-9-17(33)27(25)37)39-29(26)14-3-7-16(32)8-4-14/h1-11,22,26,29,31-35,37H,12H2. The van der Waals surface area contributed by atoms with Crippen molar-refractivity contribution in [2.75, 3.05) is 0 Å². The lowest BCUT2D eigenvalue weighted by Gasteiger charge is -2.36. The summed E-state index contributed by atoms with van der Waals surface area (Å²) in [7, 11) is 0. The summed E-state index contributed by atoms with van der Waals surface area (Å²) in [6.45, 7) is 0. The minimum Gasteiger partial charge on any atom is -0.508 e. The third-order valence-corrected chi connectivity index (χ3v) is 7.19. The molecule has 6 rings (SSSR count). The number of phenolic OH excluding ortho intramolecular Hbond substituents is 6. The van der Waals surface area contributed by atoms with E-state index in [0.717, 1.165) is 6.07 Å². The van der Waals surface area contributed by atoms with Crippen molar-refractivity contribution < 1.29 is 49.7 Å². The van der Waals surface area contributed by atoms with Crippen LogP contribution in [0.5, 0.6) is 46.0 Å². The number of hydrogen-bond donors (Lipinski definition) is 6.